The van der Waals surface area contributed by atoms with Gasteiger partial charge in [0, 0.05) is 25.0 Å². The Morgan fingerprint density at radius 2 is 1.81 bits per heavy atom. The van der Waals surface area contributed by atoms with E-state index in [4.69, 9.17) is 4.74 Å². The monoisotopic (exact) mass is 358 g/mol. The van der Waals surface area contributed by atoms with Gasteiger partial charge in [0.2, 0.25) is 0 Å². The van der Waals surface area contributed by atoms with Crippen LogP contribution in [0.3, 0.4) is 0 Å². The third kappa shape index (κ3) is 6.82. The van der Waals surface area contributed by atoms with Crippen LogP contribution in [-0.4, -0.2) is 29.7 Å². The average Bonchev–Trinajstić information content (AvgIpc) is 2.60. The fraction of sp³-hybridized carbons (Fsp3) is 0.318. The minimum Gasteiger partial charge on any atom is -0.467 e. The van der Waals surface area contributed by atoms with Crippen LogP contribution in [0.15, 0.2) is 68.1 Å². The molecule has 0 bridgehead atoms. The molecule has 27 heavy (non-hydrogen) atoms. The quantitative estimate of drug-likeness (QED) is 0.443. The van der Waals surface area contributed by atoms with Gasteiger partial charge in [0.1, 0.15) is 5.60 Å². The van der Waals surface area contributed by atoms with Crippen molar-refractivity contribution in [1.29, 1.82) is 0 Å². The summed E-state index contributed by atoms with van der Waals surface area (Å²) in [6.07, 6.45) is 11.9. The smallest absolute Gasteiger partial charge is 0.467 e. The van der Waals surface area contributed by atoms with Crippen LogP contribution in [0.25, 0.3) is 0 Å². The molecule has 1 atom stereocenters. The minimum atomic E-state index is -0.520. The van der Waals surface area contributed by atoms with E-state index in [1.54, 1.807) is 12.4 Å². The van der Waals surface area contributed by atoms with Gasteiger partial charge in [-0.15, -0.1) is 19.1 Å². The van der Waals surface area contributed by atoms with E-state index >= 15 is 0 Å². The first-order valence-electron chi connectivity index (χ1n) is 8.70. The van der Waals surface area contributed by atoms with Gasteiger partial charge in [0.25, 0.3) is 0 Å². The number of anilines is 1. The van der Waals surface area contributed by atoms with Gasteiger partial charge in [0.05, 0.1) is 0 Å². The molecule has 0 radical (unpaired) electrons. The van der Waals surface area contributed by atoms with Crippen molar-refractivity contribution >= 4 is 11.8 Å². The van der Waals surface area contributed by atoms with Crippen molar-refractivity contribution in [2.24, 2.45) is 0 Å². The van der Waals surface area contributed by atoms with Gasteiger partial charge in [-0.1, -0.05) is 35.9 Å². The van der Waals surface area contributed by atoms with E-state index in [2.05, 4.69) is 48.4 Å². The molecular formula is C22H27LiN2O2. The van der Waals surface area contributed by atoms with E-state index in [-0.39, 0.29) is 24.8 Å². The summed E-state index contributed by atoms with van der Waals surface area (Å²) in [6.45, 7) is 14.7. The number of ether oxygens (including phenoxy) is 1. The van der Waals surface area contributed by atoms with Crippen LogP contribution in [0.5, 0.6) is 0 Å². The number of hydrogen-bond acceptors (Lipinski definition) is 3. The van der Waals surface area contributed by atoms with Gasteiger partial charge >= 0.3 is 25.0 Å². The van der Waals surface area contributed by atoms with Gasteiger partial charge in [-0.05, 0) is 32.9 Å². The largest absolute Gasteiger partial charge is 1.00 e. The molecule has 1 aliphatic heterocycles. The molecule has 138 valence electrons. The van der Waals surface area contributed by atoms with Crippen LogP contribution in [-0.2, 0) is 4.74 Å². The van der Waals surface area contributed by atoms with E-state index in [9.17, 15) is 4.79 Å². The zero-order chi connectivity index (χ0) is 19.2. The Balaban J connectivity index is 0.00000364. The van der Waals surface area contributed by atoms with Crippen LogP contribution in [0.4, 0.5) is 10.5 Å². The van der Waals surface area contributed by atoms with Crippen molar-refractivity contribution in [3.63, 3.8) is 0 Å². The Bertz CT molecular complexity index is 678. The maximum atomic E-state index is 12.1. The summed E-state index contributed by atoms with van der Waals surface area (Å²) >= 11 is 0. The van der Waals surface area contributed by atoms with Crippen molar-refractivity contribution in [2.45, 2.75) is 32.3 Å². The second kappa shape index (κ2) is 10.3. The van der Waals surface area contributed by atoms with E-state index in [0.29, 0.717) is 0 Å². The number of nitrogens with zero attached hydrogens (tertiary/aromatic N) is 2. The number of benzene rings is 1. The van der Waals surface area contributed by atoms with Crippen molar-refractivity contribution in [3.8, 4) is 0 Å². The predicted molar refractivity (Wildman–Crippen MR) is 107 cm³/mol. The standard InChI is InChI=1S/C22H27N2O2.Li/c1-6-14-23(15-7-2)20-10-8-18(9-11-20)19-12-16-24(17-13-19)21(25)26-22(3,4)5;/h6-12,16-17,19H,1-2,14-15H2,3-5H3;/q-1;+1. The summed E-state index contributed by atoms with van der Waals surface area (Å²) in [5.74, 6) is 0.00925. The Hall–Kier alpha value is -2.15. The summed E-state index contributed by atoms with van der Waals surface area (Å²) < 4.78 is 5.35. The predicted octanol–water partition coefficient (Wildman–Crippen LogP) is 2.03. The summed E-state index contributed by atoms with van der Waals surface area (Å²) in [7, 11) is 0. The SMILES string of the molecule is C=CCN(CC=C)c1ccc(C2[C-]=CN(C(=O)OC(C)(C)C)C=C2)cc1.[Li+]. The number of amides is 1. The van der Waals surface area contributed by atoms with E-state index in [0.717, 1.165) is 24.3 Å². The molecule has 0 fully saturated rings. The summed E-state index contributed by atoms with van der Waals surface area (Å²) in [5, 5.41) is 0. The van der Waals surface area contributed by atoms with Crippen molar-refractivity contribution in [2.75, 3.05) is 18.0 Å². The second-order valence-corrected chi connectivity index (χ2v) is 7.08. The van der Waals surface area contributed by atoms with Crippen molar-refractivity contribution in [3.05, 3.63) is 79.7 Å². The molecule has 0 spiro atoms. The molecule has 2 rings (SSSR count). The number of carbonyl (C=O) groups is 1. The molecule has 0 aliphatic carbocycles. The second-order valence-electron chi connectivity index (χ2n) is 7.08. The molecule has 1 amide bonds. The Labute approximate surface area is 175 Å². The third-order valence-electron chi connectivity index (χ3n) is 3.75. The fourth-order valence-electron chi connectivity index (χ4n) is 2.56. The summed E-state index contributed by atoms with van der Waals surface area (Å²) in [4.78, 5) is 15.7. The van der Waals surface area contributed by atoms with Crippen LogP contribution in [0.1, 0.15) is 32.3 Å². The van der Waals surface area contributed by atoms with Gasteiger partial charge in [-0.25, -0.2) is 4.79 Å². The number of hydrogen-bond donors (Lipinski definition) is 0. The summed E-state index contributed by atoms with van der Waals surface area (Å²) in [5.41, 5.74) is 1.71. The first-order chi connectivity index (χ1) is 12.3. The van der Waals surface area contributed by atoms with Crippen LogP contribution >= 0.6 is 0 Å². The fourth-order valence-corrected chi connectivity index (χ4v) is 2.56. The zero-order valence-electron chi connectivity index (χ0n) is 16.8. The average molecular weight is 358 g/mol. The molecule has 0 saturated heterocycles. The van der Waals surface area contributed by atoms with E-state index < -0.39 is 11.7 Å². The first-order valence-corrected chi connectivity index (χ1v) is 8.70. The summed E-state index contributed by atoms with van der Waals surface area (Å²) in [6, 6.07) is 8.32. The van der Waals surface area contributed by atoms with Gasteiger partial charge < -0.3 is 15.7 Å². The Morgan fingerprint density at radius 3 is 2.26 bits per heavy atom. The van der Waals surface area contributed by atoms with Crippen LogP contribution in [0.2, 0.25) is 0 Å². The molecule has 0 saturated carbocycles. The van der Waals surface area contributed by atoms with E-state index in [1.807, 2.05) is 39.0 Å². The molecular weight excluding hydrogens is 331 g/mol. The molecule has 5 heteroatoms. The first kappa shape index (κ1) is 22.9. The maximum absolute atomic E-state index is 12.1. The molecule has 4 nitrogen and oxygen atoms in total. The Morgan fingerprint density at radius 1 is 1.22 bits per heavy atom. The van der Waals surface area contributed by atoms with Gasteiger partial charge in [-0.2, -0.15) is 6.20 Å². The zero-order valence-corrected chi connectivity index (χ0v) is 16.8. The van der Waals surface area contributed by atoms with E-state index in [1.165, 1.54) is 4.90 Å². The van der Waals surface area contributed by atoms with Crippen LogP contribution < -0.4 is 23.8 Å². The molecule has 1 aromatic rings. The molecule has 1 heterocycles. The third-order valence-corrected chi connectivity index (χ3v) is 3.75. The number of rotatable bonds is 6. The number of carbonyl (C=O) groups excluding carboxylic acids is 1. The Kier molecular flexibility index (Phi) is 8.69. The van der Waals surface area contributed by atoms with Crippen molar-refractivity contribution in [1.82, 2.24) is 4.90 Å². The minimum absolute atomic E-state index is 0. The molecule has 1 aromatic carbocycles. The van der Waals surface area contributed by atoms with Crippen LogP contribution in [0, 0.1) is 6.08 Å². The molecule has 0 aromatic heterocycles. The molecule has 0 N–H and O–H groups in total. The van der Waals surface area contributed by atoms with Gasteiger partial charge in [-0.3, -0.25) is 4.90 Å². The molecule has 1 unspecified atom stereocenters. The van der Waals surface area contributed by atoms with Gasteiger partial charge in [0.15, 0.2) is 0 Å². The normalized spacial score (nSPS) is 15.7. The van der Waals surface area contributed by atoms with Crippen molar-refractivity contribution < 1.29 is 28.4 Å². The maximum Gasteiger partial charge on any atom is 1.00 e. The molecule has 1 aliphatic rings. The number of allylic oxidation sites excluding steroid dienone is 2. The topological polar surface area (TPSA) is 32.8 Å².